The maximum absolute atomic E-state index is 9.86. The number of halogens is 1. The predicted octanol–water partition coefficient (Wildman–Crippen LogP) is 2.58. The van der Waals surface area contributed by atoms with E-state index in [-0.39, 0.29) is 6.61 Å². The molecule has 0 saturated heterocycles. The lowest BCUT2D eigenvalue weighted by Gasteiger charge is -1.94. The fraction of sp³-hybridized carbons (Fsp3) is 0.286. The van der Waals surface area contributed by atoms with Crippen molar-refractivity contribution in [2.45, 2.75) is 6.42 Å². The van der Waals surface area contributed by atoms with Gasteiger partial charge < -0.3 is 9.84 Å². The van der Waals surface area contributed by atoms with Gasteiger partial charge in [-0.15, -0.1) is 6.58 Å². The zero-order valence-electron chi connectivity index (χ0n) is 5.92. The van der Waals surface area contributed by atoms with Crippen LogP contribution in [0.3, 0.4) is 0 Å². The molecule has 0 atom stereocenters. The molecule has 0 spiro atoms. The molecular formula is C7H9IO3. The molecule has 62 valence electrons. The summed E-state index contributed by atoms with van der Waals surface area (Å²) in [6.07, 6.45) is 2.96. The summed E-state index contributed by atoms with van der Waals surface area (Å²) in [6, 6.07) is 0. The zero-order valence-corrected chi connectivity index (χ0v) is 8.08. The first-order valence-corrected chi connectivity index (χ1v) is 4.06. The Kier molecular flexibility index (Phi) is 5.91. The van der Waals surface area contributed by atoms with Crippen molar-refractivity contribution in [1.29, 1.82) is 0 Å². The molecule has 0 fully saturated rings. The Balaban J connectivity index is 3.55. The molecule has 1 N–H and O–H groups in total. The minimum atomic E-state index is -1.25. The monoisotopic (exact) mass is 268 g/mol. The minimum Gasteiger partial charge on any atom is -0.450 e. The Morgan fingerprint density at radius 2 is 2.36 bits per heavy atom. The van der Waals surface area contributed by atoms with Gasteiger partial charge in [-0.2, -0.15) is 0 Å². The number of carbonyl (C=O) groups is 1. The number of hydrogen-bond acceptors (Lipinski definition) is 2. The summed E-state index contributed by atoms with van der Waals surface area (Å²) in [4.78, 5) is 9.86. The molecule has 11 heavy (non-hydrogen) atoms. The average molecular weight is 268 g/mol. The maximum Gasteiger partial charge on any atom is 0.506 e. The highest BCUT2D eigenvalue weighted by Gasteiger charge is 1.92. The van der Waals surface area contributed by atoms with E-state index in [0.717, 1.165) is 10.0 Å². The summed E-state index contributed by atoms with van der Waals surface area (Å²) < 4.78 is 5.29. The molecule has 0 amide bonds. The van der Waals surface area contributed by atoms with Crippen LogP contribution in [0.4, 0.5) is 4.79 Å². The topological polar surface area (TPSA) is 46.5 Å². The molecule has 0 saturated carbocycles. The SMILES string of the molecule is C=CCC(I)=CCOC(=O)O. The lowest BCUT2D eigenvalue weighted by Crippen LogP contribution is -1.99. The van der Waals surface area contributed by atoms with E-state index >= 15 is 0 Å². The Morgan fingerprint density at radius 1 is 1.73 bits per heavy atom. The van der Waals surface area contributed by atoms with E-state index in [0.29, 0.717) is 0 Å². The van der Waals surface area contributed by atoms with Gasteiger partial charge in [0.1, 0.15) is 6.61 Å². The van der Waals surface area contributed by atoms with Crippen LogP contribution in [0.15, 0.2) is 22.3 Å². The molecule has 0 radical (unpaired) electrons. The predicted molar refractivity (Wildman–Crippen MR) is 50.9 cm³/mol. The summed E-state index contributed by atoms with van der Waals surface area (Å²) in [5.41, 5.74) is 0. The van der Waals surface area contributed by atoms with E-state index in [4.69, 9.17) is 5.11 Å². The van der Waals surface area contributed by atoms with Crippen LogP contribution in [-0.4, -0.2) is 17.9 Å². The largest absolute Gasteiger partial charge is 0.506 e. The van der Waals surface area contributed by atoms with Crippen molar-refractivity contribution in [3.05, 3.63) is 22.3 Å². The molecule has 0 aromatic heterocycles. The molecule has 0 rings (SSSR count). The highest BCUT2D eigenvalue weighted by molar-refractivity contribution is 14.1. The first-order chi connectivity index (χ1) is 5.16. The molecule has 0 aromatic rings. The standard InChI is InChI=1S/C7H9IO3/c1-2-3-6(8)4-5-11-7(9)10/h2,4H,1,3,5H2,(H,9,10). The van der Waals surface area contributed by atoms with Crippen molar-refractivity contribution in [2.24, 2.45) is 0 Å². The summed E-state index contributed by atoms with van der Waals surface area (Å²) in [6.45, 7) is 3.65. The van der Waals surface area contributed by atoms with Gasteiger partial charge in [0.15, 0.2) is 0 Å². The van der Waals surface area contributed by atoms with Gasteiger partial charge in [-0.25, -0.2) is 4.79 Å². The summed E-state index contributed by atoms with van der Waals surface area (Å²) in [5, 5.41) is 8.08. The molecule has 0 bridgehead atoms. The van der Waals surface area contributed by atoms with Crippen molar-refractivity contribution >= 4 is 28.7 Å². The quantitative estimate of drug-likeness (QED) is 0.484. The lowest BCUT2D eigenvalue weighted by molar-refractivity contribution is 0.102. The van der Waals surface area contributed by atoms with Gasteiger partial charge in [-0.1, -0.05) is 6.08 Å². The van der Waals surface area contributed by atoms with Gasteiger partial charge in [-0.3, -0.25) is 0 Å². The van der Waals surface area contributed by atoms with Crippen molar-refractivity contribution in [1.82, 2.24) is 0 Å². The third-order valence-electron chi connectivity index (χ3n) is 0.851. The molecule has 0 aromatic carbocycles. The number of allylic oxidation sites excluding steroid dienone is 2. The molecular weight excluding hydrogens is 259 g/mol. The van der Waals surface area contributed by atoms with E-state index < -0.39 is 6.16 Å². The normalized spacial score (nSPS) is 10.8. The van der Waals surface area contributed by atoms with Crippen molar-refractivity contribution in [3.63, 3.8) is 0 Å². The summed E-state index contributed by atoms with van der Waals surface area (Å²) in [5.74, 6) is 0. The van der Waals surface area contributed by atoms with Crippen LogP contribution < -0.4 is 0 Å². The highest BCUT2D eigenvalue weighted by atomic mass is 127. The van der Waals surface area contributed by atoms with Crippen molar-refractivity contribution < 1.29 is 14.6 Å². The van der Waals surface area contributed by atoms with Crippen LogP contribution in [0, 0.1) is 0 Å². The van der Waals surface area contributed by atoms with Crippen LogP contribution in [0.2, 0.25) is 0 Å². The maximum atomic E-state index is 9.86. The van der Waals surface area contributed by atoms with Gasteiger partial charge in [0.25, 0.3) is 0 Å². The van der Waals surface area contributed by atoms with Gasteiger partial charge in [-0.05, 0) is 38.7 Å². The van der Waals surface area contributed by atoms with E-state index in [1.165, 1.54) is 0 Å². The Labute approximate surface area is 78.9 Å². The first kappa shape index (κ1) is 10.5. The van der Waals surface area contributed by atoms with Gasteiger partial charge in [0.2, 0.25) is 0 Å². The Morgan fingerprint density at radius 3 is 2.82 bits per heavy atom. The van der Waals surface area contributed by atoms with Crippen LogP contribution >= 0.6 is 22.6 Å². The Hall–Kier alpha value is -0.520. The third-order valence-corrected chi connectivity index (χ3v) is 1.73. The zero-order chi connectivity index (χ0) is 8.69. The van der Waals surface area contributed by atoms with Crippen LogP contribution in [0.25, 0.3) is 0 Å². The van der Waals surface area contributed by atoms with Gasteiger partial charge in [0, 0.05) is 0 Å². The van der Waals surface area contributed by atoms with Crippen LogP contribution in [-0.2, 0) is 4.74 Å². The van der Waals surface area contributed by atoms with Crippen molar-refractivity contribution in [3.8, 4) is 0 Å². The van der Waals surface area contributed by atoms with E-state index in [2.05, 4.69) is 33.9 Å². The van der Waals surface area contributed by atoms with Crippen LogP contribution in [0.5, 0.6) is 0 Å². The molecule has 3 nitrogen and oxygen atoms in total. The summed E-state index contributed by atoms with van der Waals surface area (Å²) >= 11 is 2.11. The Bertz CT molecular complexity index is 175. The molecule has 0 aliphatic rings. The fourth-order valence-corrected chi connectivity index (χ4v) is 0.916. The number of carboxylic acid groups (broad SMARTS) is 1. The highest BCUT2D eigenvalue weighted by Crippen LogP contribution is 2.10. The minimum absolute atomic E-state index is 0.113. The molecule has 0 unspecified atom stereocenters. The first-order valence-electron chi connectivity index (χ1n) is 2.98. The molecule has 0 heterocycles. The lowest BCUT2D eigenvalue weighted by atomic mass is 10.4. The summed E-state index contributed by atoms with van der Waals surface area (Å²) in [7, 11) is 0. The number of hydrogen-bond donors (Lipinski definition) is 1. The van der Waals surface area contributed by atoms with E-state index in [9.17, 15) is 4.79 Å². The second kappa shape index (κ2) is 6.21. The van der Waals surface area contributed by atoms with Crippen LogP contribution in [0.1, 0.15) is 6.42 Å². The van der Waals surface area contributed by atoms with Gasteiger partial charge >= 0.3 is 6.16 Å². The second-order valence-electron chi connectivity index (χ2n) is 1.72. The van der Waals surface area contributed by atoms with Crippen molar-refractivity contribution in [2.75, 3.05) is 6.61 Å². The molecule has 4 heteroatoms. The van der Waals surface area contributed by atoms with E-state index in [1.54, 1.807) is 12.2 Å². The third kappa shape index (κ3) is 7.38. The van der Waals surface area contributed by atoms with Gasteiger partial charge in [0.05, 0.1) is 0 Å². The fourth-order valence-electron chi connectivity index (χ4n) is 0.425. The second-order valence-corrected chi connectivity index (χ2v) is 3.11. The molecule has 0 aliphatic heterocycles. The van der Waals surface area contributed by atoms with E-state index in [1.807, 2.05) is 0 Å². The average Bonchev–Trinajstić information content (AvgIpc) is 1.87. The smallest absolute Gasteiger partial charge is 0.450 e. The number of rotatable bonds is 4. The molecule has 0 aliphatic carbocycles. The number of ether oxygens (including phenoxy) is 1.